The minimum Gasteiger partial charge on any atom is -0.366 e. The van der Waals surface area contributed by atoms with E-state index in [1.54, 1.807) is 12.1 Å². The summed E-state index contributed by atoms with van der Waals surface area (Å²) in [5, 5.41) is 3.80. The molecule has 0 spiro atoms. The summed E-state index contributed by atoms with van der Waals surface area (Å²) in [5.74, 6) is 3.59. The molecule has 2 aliphatic rings. The van der Waals surface area contributed by atoms with Gasteiger partial charge in [-0.25, -0.2) is 8.78 Å². The van der Waals surface area contributed by atoms with Gasteiger partial charge in [0.25, 0.3) is 0 Å². The van der Waals surface area contributed by atoms with Gasteiger partial charge < -0.3 is 11.1 Å². The molecule has 3 nitrogen and oxygen atoms in total. The minimum absolute atomic E-state index is 0.0114. The first kappa shape index (κ1) is 19.6. The fraction of sp³-hybridized carbons (Fsp3) is 0.375. The van der Waals surface area contributed by atoms with Crippen molar-refractivity contribution >= 4 is 5.91 Å². The Labute approximate surface area is 169 Å². The van der Waals surface area contributed by atoms with Crippen LogP contribution in [-0.2, 0) is 6.42 Å². The molecule has 0 radical (unpaired) electrons. The Balaban J connectivity index is 1.63. The summed E-state index contributed by atoms with van der Waals surface area (Å²) < 4.78 is 26.5. The Morgan fingerprint density at radius 2 is 1.69 bits per heavy atom. The molecule has 0 unspecified atom stereocenters. The molecular weight excluding hydrogens is 370 g/mol. The van der Waals surface area contributed by atoms with Gasteiger partial charge in [-0.2, -0.15) is 0 Å². The van der Waals surface area contributed by atoms with E-state index < -0.39 is 17.5 Å². The SMILES string of the molecule is NC(=O)c1ccc(C#Cc2ccc(F)c(F)c2)cc1CC1(NC2CC2)CCCC1. The molecule has 2 aliphatic carbocycles. The largest absolute Gasteiger partial charge is 0.366 e. The van der Waals surface area contributed by atoms with Gasteiger partial charge >= 0.3 is 0 Å². The van der Waals surface area contributed by atoms with Crippen molar-refractivity contribution in [3.8, 4) is 11.8 Å². The van der Waals surface area contributed by atoms with Crippen LogP contribution in [0.25, 0.3) is 0 Å². The van der Waals surface area contributed by atoms with Crippen LogP contribution in [0.3, 0.4) is 0 Å². The smallest absolute Gasteiger partial charge is 0.248 e. The normalized spacial score (nSPS) is 17.6. The second-order valence-electron chi connectivity index (χ2n) is 8.20. The molecule has 0 bridgehead atoms. The Hall–Kier alpha value is -2.71. The zero-order valence-corrected chi connectivity index (χ0v) is 16.2. The van der Waals surface area contributed by atoms with Gasteiger partial charge in [0.15, 0.2) is 11.6 Å². The summed E-state index contributed by atoms with van der Waals surface area (Å²) >= 11 is 0. The first-order valence-electron chi connectivity index (χ1n) is 10.1. The van der Waals surface area contributed by atoms with E-state index >= 15 is 0 Å². The van der Waals surface area contributed by atoms with Crippen LogP contribution in [0.5, 0.6) is 0 Å². The Morgan fingerprint density at radius 3 is 2.31 bits per heavy atom. The first-order valence-corrected chi connectivity index (χ1v) is 10.1. The first-order chi connectivity index (χ1) is 13.9. The summed E-state index contributed by atoms with van der Waals surface area (Å²) in [4.78, 5) is 12.0. The molecule has 2 saturated carbocycles. The number of nitrogens with one attached hydrogen (secondary N) is 1. The zero-order valence-electron chi connectivity index (χ0n) is 16.2. The fourth-order valence-corrected chi connectivity index (χ4v) is 4.23. The van der Waals surface area contributed by atoms with Gasteiger partial charge in [0.2, 0.25) is 5.91 Å². The quantitative estimate of drug-likeness (QED) is 0.751. The van der Waals surface area contributed by atoms with Crippen molar-refractivity contribution in [2.24, 2.45) is 5.73 Å². The van der Waals surface area contributed by atoms with Gasteiger partial charge in [-0.15, -0.1) is 0 Å². The van der Waals surface area contributed by atoms with Gasteiger partial charge in [-0.05, 0) is 74.1 Å². The van der Waals surface area contributed by atoms with Gasteiger partial charge in [0.05, 0.1) is 0 Å². The van der Waals surface area contributed by atoms with E-state index in [-0.39, 0.29) is 5.54 Å². The predicted octanol–water partition coefficient (Wildman–Crippen LogP) is 4.07. The van der Waals surface area contributed by atoms with Gasteiger partial charge in [0.1, 0.15) is 0 Å². The van der Waals surface area contributed by atoms with E-state index in [1.165, 1.54) is 31.7 Å². The lowest BCUT2D eigenvalue weighted by atomic mass is 9.86. The monoisotopic (exact) mass is 394 g/mol. The second-order valence-corrected chi connectivity index (χ2v) is 8.20. The van der Waals surface area contributed by atoms with Crippen LogP contribution in [0.4, 0.5) is 8.78 Å². The van der Waals surface area contributed by atoms with E-state index in [0.717, 1.165) is 37.0 Å². The van der Waals surface area contributed by atoms with Gasteiger partial charge in [-0.3, -0.25) is 4.79 Å². The standard InChI is InChI=1S/C24H24F2N2O/c25-21-10-6-17(14-22(21)26)4-3-16-5-9-20(23(27)29)18(13-16)15-24(11-1-2-12-24)28-19-7-8-19/h5-6,9-10,13-14,19,28H,1-2,7-8,11-12,15H2,(H2,27,29). The maximum absolute atomic E-state index is 13.4. The summed E-state index contributed by atoms with van der Waals surface area (Å²) in [5.41, 5.74) is 8.16. The summed E-state index contributed by atoms with van der Waals surface area (Å²) in [7, 11) is 0. The number of halogens is 2. The van der Waals surface area contributed by atoms with Crippen LogP contribution >= 0.6 is 0 Å². The lowest BCUT2D eigenvalue weighted by Crippen LogP contribution is -2.46. The van der Waals surface area contributed by atoms with E-state index in [4.69, 9.17) is 5.73 Å². The lowest BCUT2D eigenvalue weighted by Gasteiger charge is -2.31. The molecule has 5 heteroatoms. The molecule has 2 fully saturated rings. The Bertz CT molecular complexity index is 996. The lowest BCUT2D eigenvalue weighted by molar-refractivity contribution is 0.0999. The van der Waals surface area contributed by atoms with Crippen molar-refractivity contribution in [1.82, 2.24) is 5.32 Å². The molecular formula is C24H24F2N2O. The maximum Gasteiger partial charge on any atom is 0.248 e. The molecule has 3 N–H and O–H groups in total. The van der Waals surface area contributed by atoms with Crippen molar-refractivity contribution in [2.75, 3.05) is 0 Å². The average Bonchev–Trinajstić information content (AvgIpc) is 3.38. The van der Waals surface area contributed by atoms with Crippen LogP contribution in [0, 0.1) is 23.5 Å². The molecule has 2 aromatic carbocycles. The van der Waals surface area contributed by atoms with Crippen LogP contribution in [-0.4, -0.2) is 17.5 Å². The molecule has 0 heterocycles. The van der Waals surface area contributed by atoms with E-state index in [0.29, 0.717) is 22.7 Å². The van der Waals surface area contributed by atoms with Crippen LogP contribution < -0.4 is 11.1 Å². The number of hydrogen-bond donors (Lipinski definition) is 2. The van der Waals surface area contributed by atoms with Crippen LogP contribution in [0.1, 0.15) is 65.6 Å². The molecule has 2 aromatic rings. The third kappa shape index (κ3) is 4.65. The number of amides is 1. The number of carbonyl (C=O) groups excluding carboxylic acids is 1. The van der Waals surface area contributed by atoms with Crippen molar-refractivity contribution in [3.63, 3.8) is 0 Å². The average molecular weight is 394 g/mol. The third-order valence-corrected chi connectivity index (χ3v) is 5.82. The number of carbonyl (C=O) groups is 1. The number of nitrogens with two attached hydrogens (primary N) is 1. The number of rotatable bonds is 5. The predicted molar refractivity (Wildman–Crippen MR) is 108 cm³/mol. The fourth-order valence-electron chi connectivity index (χ4n) is 4.23. The molecule has 0 aromatic heterocycles. The van der Waals surface area contributed by atoms with Crippen LogP contribution in [0.15, 0.2) is 36.4 Å². The van der Waals surface area contributed by atoms with Gasteiger partial charge in [-0.1, -0.05) is 24.7 Å². The molecule has 1 amide bonds. The highest BCUT2D eigenvalue weighted by Crippen LogP contribution is 2.37. The third-order valence-electron chi connectivity index (χ3n) is 5.82. The van der Waals surface area contributed by atoms with E-state index in [2.05, 4.69) is 17.2 Å². The number of primary amides is 1. The number of benzene rings is 2. The molecule has 0 atom stereocenters. The van der Waals surface area contributed by atoms with Crippen molar-refractivity contribution in [1.29, 1.82) is 0 Å². The second kappa shape index (κ2) is 7.96. The zero-order chi connectivity index (χ0) is 20.4. The molecule has 0 saturated heterocycles. The van der Waals surface area contributed by atoms with Crippen molar-refractivity contribution < 1.29 is 13.6 Å². The number of hydrogen-bond acceptors (Lipinski definition) is 2. The highest BCUT2D eigenvalue weighted by molar-refractivity contribution is 5.94. The molecule has 0 aliphatic heterocycles. The molecule has 4 rings (SSSR count). The van der Waals surface area contributed by atoms with Crippen molar-refractivity contribution in [2.45, 2.75) is 56.5 Å². The maximum atomic E-state index is 13.4. The summed E-state index contributed by atoms with van der Waals surface area (Å²) in [6.07, 6.45) is 7.71. The van der Waals surface area contributed by atoms with Crippen LogP contribution in [0.2, 0.25) is 0 Å². The van der Waals surface area contributed by atoms with Crippen molar-refractivity contribution in [3.05, 3.63) is 70.3 Å². The molecule has 29 heavy (non-hydrogen) atoms. The minimum atomic E-state index is -0.920. The van der Waals surface area contributed by atoms with E-state index in [1.807, 2.05) is 6.07 Å². The summed E-state index contributed by atoms with van der Waals surface area (Å²) in [6, 6.07) is 9.53. The topological polar surface area (TPSA) is 55.1 Å². The Kier molecular flexibility index (Phi) is 5.38. The summed E-state index contributed by atoms with van der Waals surface area (Å²) in [6.45, 7) is 0. The molecule has 150 valence electrons. The highest BCUT2D eigenvalue weighted by atomic mass is 19.2. The Morgan fingerprint density at radius 1 is 1.03 bits per heavy atom. The van der Waals surface area contributed by atoms with Gasteiger partial charge in [0, 0.05) is 28.3 Å². The highest BCUT2D eigenvalue weighted by Gasteiger charge is 2.39. The van der Waals surface area contributed by atoms with E-state index in [9.17, 15) is 13.6 Å².